The number of pyridine rings is 1. The van der Waals surface area contributed by atoms with Gasteiger partial charge in [-0.15, -0.1) is 0 Å². The molecule has 1 N–H and O–H groups in total. The van der Waals surface area contributed by atoms with E-state index in [1.807, 2.05) is 12.3 Å². The number of methoxy groups -OCH3 is 1. The maximum Gasteiger partial charge on any atom is 0.136 e. The molecular weight excluding hydrogens is 262 g/mol. The van der Waals surface area contributed by atoms with Gasteiger partial charge in [-0.05, 0) is 55.0 Å². The van der Waals surface area contributed by atoms with Crippen LogP contribution in [0.5, 0.6) is 5.75 Å². The van der Waals surface area contributed by atoms with Crippen molar-refractivity contribution in [3.8, 4) is 5.75 Å². The molecule has 2 atom stereocenters. The van der Waals surface area contributed by atoms with Gasteiger partial charge in [-0.25, -0.2) is 4.98 Å². The van der Waals surface area contributed by atoms with Crippen LogP contribution in [0, 0.1) is 5.92 Å². The Balaban J connectivity index is 1.70. The lowest BCUT2D eigenvalue weighted by molar-refractivity contribution is 0.340. The van der Waals surface area contributed by atoms with Crippen LogP contribution in [-0.4, -0.2) is 37.8 Å². The predicted molar refractivity (Wildman–Crippen MR) is 85.0 cm³/mol. The first-order chi connectivity index (χ1) is 10.3. The summed E-state index contributed by atoms with van der Waals surface area (Å²) in [5.41, 5.74) is 0. The maximum absolute atomic E-state index is 5.32. The highest BCUT2D eigenvalue weighted by molar-refractivity contribution is 5.93. The lowest BCUT2D eigenvalue weighted by atomic mass is 9.94. The van der Waals surface area contributed by atoms with Crippen molar-refractivity contribution in [2.45, 2.75) is 18.9 Å². The number of piperidine rings is 1. The first-order valence-corrected chi connectivity index (χ1v) is 7.76. The Morgan fingerprint density at radius 3 is 3.10 bits per heavy atom. The van der Waals surface area contributed by atoms with E-state index in [4.69, 9.17) is 4.74 Å². The van der Waals surface area contributed by atoms with Crippen LogP contribution < -0.4 is 15.0 Å². The molecule has 2 aliphatic rings. The van der Waals surface area contributed by atoms with Crippen molar-refractivity contribution in [3.63, 3.8) is 0 Å². The van der Waals surface area contributed by atoms with Crippen LogP contribution in [-0.2, 0) is 0 Å². The minimum Gasteiger partial charge on any atom is -0.497 e. The van der Waals surface area contributed by atoms with Crippen molar-refractivity contribution >= 4 is 16.6 Å². The van der Waals surface area contributed by atoms with E-state index in [-0.39, 0.29) is 0 Å². The summed E-state index contributed by atoms with van der Waals surface area (Å²) in [6.07, 6.45) is 4.55. The van der Waals surface area contributed by atoms with E-state index in [9.17, 15) is 0 Å². The third-order valence-electron chi connectivity index (χ3n) is 4.85. The molecule has 0 radical (unpaired) electrons. The number of fused-ring (bicyclic) bond motifs is 2. The summed E-state index contributed by atoms with van der Waals surface area (Å²) >= 11 is 0. The Bertz CT molecular complexity index is 644. The molecule has 4 rings (SSSR count). The van der Waals surface area contributed by atoms with E-state index < -0.39 is 0 Å². The Hall–Kier alpha value is -1.81. The minimum absolute atomic E-state index is 0.633. The molecule has 0 bridgehead atoms. The molecule has 2 fully saturated rings. The third kappa shape index (κ3) is 2.23. The van der Waals surface area contributed by atoms with Gasteiger partial charge in [-0.1, -0.05) is 0 Å². The Labute approximate surface area is 125 Å². The van der Waals surface area contributed by atoms with E-state index in [0.29, 0.717) is 6.04 Å². The number of hydrogen-bond acceptors (Lipinski definition) is 4. The van der Waals surface area contributed by atoms with E-state index in [1.165, 1.54) is 23.6 Å². The van der Waals surface area contributed by atoms with Crippen LogP contribution in [0.1, 0.15) is 12.8 Å². The fourth-order valence-corrected chi connectivity index (χ4v) is 3.74. The monoisotopic (exact) mass is 283 g/mol. The van der Waals surface area contributed by atoms with Gasteiger partial charge in [0.05, 0.1) is 7.11 Å². The lowest BCUT2D eigenvalue weighted by Crippen LogP contribution is -2.40. The summed E-state index contributed by atoms with van der Waals surface area (Å²) < 4.78 is 5.32. The van der Waals surface area contributed by atoms with E-state index >= 15 is 0 Å². The first kappa shape index (κ1) is 12.9. The second-order valence-corrected chi connectivity index (χ2v) is 6.09. The summed E-state index contributed by atoms with van der Waals surface area (Å²) in [4.78, 5) is 7.11. The van der Waals surface area contributed by atoms with Crippen LogP contribution in [0.4, 0.5) is 5.82 Å². The zero-order valence-corrected chi connectivity index (χ0v) is 12.4. The molecular formula is C17H21N3O. The SMILES string of the molecule is COc1ccc2c(N3C[C@@H]4CCCN[C@@H]4C3)nccc2c1. The first-order valence-electron chi connectivity index (χ1n) is 7.76. The minimum atomic E-state index is 0.633. The molecule has 0 aliphatic carbocycles. The van der Waals surface area contributed by atoms with Gasteiger partial charge in [-0.3, -0.25) is 0 Å². The average molecular weight is 283 g/mol. The van der Waals surface area contributed by atoms with E-state index in [2.05, 4.69) is 33.4 Å². The van der Waals surface area contributed by atoms with Gasteiger partial charge in [-0.2, -0.15) is 0 Å². The van der Waals surface area contributed by atoms with Crippen LogP contribution in [0.25, 0.3) is 10.8 Å². The van der Waals surface area contributed by atoms with Crippen molar-refractivity contribution in [1.82, 2.24) is 10.3 Å². The molecule has 0 spiro atoms. The van der Waals surface area contributed by atoms with Crippen LogP contribution in [0.15, 0.2) is 30.5 Å². The van der Waals surface area contributed by atoms with Crippen molar-refractivity contribution < 1.29 is 4.74 Å². The lowest BCUT2D eigenvalue weighted by Gasteiger charge is -2.24. The number of ether oxygens (including phenoxy) is 1. The van der Waals surface area contributed by atoms with Crippen molar-refractivity contribution in [1.29, 1.82) is 0 Å². The van der Waals surface area contributed by atoms with E-state index in [1.54, 1.807) is 7.11 Å². The number of nitrogens with zero attached hydrogens (tertiary/aromatic N) is 2. The predicted octanol–water partition coefficient (Wildman–Crippen LogP) is 2.43. The van der Waals surface area contributed by atoms with Crippen molar-refractivity contribution in [2.24, 2.45) is 5.92 Å². The zero-order valence-electron chi connectivity index (χ0n) is 12.4. The normalized spacial score (nSPS) is 25.1. The number of hydrogen-bond donors (Lipinski definition) is 1. The topological polar surface area (TPSA) is 37.4 Å². The summed E-state index contributed by atoms with van der Waals surface area (Å²) in [5.74, 6) is 2.79. The van der Waals surface area contributed by atoms with Crippen LogP contribution >= 0.6 is 0 Å². The molecule has 2 aliphatic heterocycles. The number of rotatable bonds is 2. The number of nitrogens with one attached hydrogen (secondary N) is 1. The summed E-state index contributed by atoms with van der Waals surface area (Å²) in [7, 11) is 1.71. The molecule has 4 nitrogen and oxygen atoms in total. The summed E-state index contributed by atoms with van der Waals surface area (Å²) in [6.45, 7) is 3.35. The number of benzene rings is 1. The van der Waals surface area contributed by atoms with Gasteiger partial charge in [0.2, 0.25) is 0 Å². The molecule has 1 aromatic heterocycles. The van der Waals surface area contributed by atoms with Crippen LogP contribution in [0.3, 0.4) is 0 Å². The molecule has 2 saturated heterocycles. The van der Waals surface area contributed by atoms with Gasteiger partial charge in [0.1, 0.15) is 11.6 Å². The second kappa shape index (κ2) is 5.19. The third-order valence-corrected chi connectivity index (χ3v) is 4.85. The fourth-order valence-electron chi connectivity index (χ4n) is 3.74. The largest absolute Gasteiger partial charge is 0.497 e. The van der Waals surface area contributed by atoms with E-state index in [0.717, 1.165) is 37.1 Å². The molecule has 110 valence electrons. The number of aromatic nitrogens is 1. The Morgan fingerprint density at radius 2 is 2.24 bits per heavy atom. The molecule has 1 aromatic carbocycles. The average Bonchev–Trinajstić information content (AvgIpc) is 2.97. The maximum atomic E-state index is 5.32. The summed E-state index contributed by atoms with van der Waals surface area (Å²) in [6, 6.07) is 8.93. The van der Waals surface area contributed by atoms with Crippen molar-refractivity contribution in [3.05, 3.63) is 30.5 Å². The second-order valence-electron chi connectivity index (χ2n) is 6.09. The highest BCUT2D eigenvalue weighted by Crippen LogP contribution is 2.33. The molecule has 2 aromatic rings. The standard InChI is InChI=1S/C17H21N3O/c1-21-14-4-5-15-12(9-14)6-8-19-17(15)20-10-13-3-2-7-18-16(13)11-20/h4-6,8-9,13,16,18H,2-3,7,10-11H2,1H3/t13-,16+/m0/s1. The molecule has 0 amide bonds. The molecule has 0 unspecified atom stereocenters. The zero-order chi connectivity index (χ0) is 14.2. The van der Waals surface area contributed by atoms with Crippen molar-refractivity contribution in [2.75, 3.05) is 31.6 Å². The van der Waals surface area contributed by atoms with Gasteiger partial charge in [0.25, 0.3) is 0 Å². The molecule has 0 saturated carbocycles. The molecule has 21 heavy (non-hydrogen) atoms. The van der Waals surface area contributed by atoms with Gasteiger partial charge >= 0.3 is 0 Å². The van der Waals surface area contributed by atoms with Crippen LogP contribution in [0.2, 0.25) is 0 Å². The molecule has 3 heterocycles. The highest BCUT2D eigenvalue weighted by atomic mass is 16.5. The highest BCUT2D eigenvalue weighted by Gasteiger charge is 2.35. The fraction of sp³-hybridized carbons (Fsp3) is 0.471. The number of anilines is 1. The Kier molecular flexibility index (Phi) is 3.19. The molecule has 4 heteroatoms. The summed E-state index contributed by atoms with van der Waals surface area (Å²) in [5, 5.41) is 6.07. The Morgan fingerprint density at radius 1 is 1.29 bits per heavy atom. The van der Waals surface area contributed by atoms with Gasteiger partial charge < -0.3 is 15.0 Å². The van der Waals surface area contributed by atoms with Gasteiger partial charge in [0.15, 0.2) is 0 Å². The van der Waals surface area contributed by atoms with Gasteiger partial charge in [0, 0.05) is 30.7 Å². The quantitative estimate of drug-likeness (QED) is 0.918. The smallest absolute Gasteiger partial charge is 0.136 e.